The second kappa shape index (κ2) is 8.29. The van der Waals surface area contributed by atoms with Gasteiger partial charge in [0.1, 0.15) is 0 Å². The van der Waals surface area contributed by atoms with E-state index in [0.29, 0.717) is 18.1 Å². The molecule has 1 saturated heterocycles. The van der Waals surface area contributed by atoms with E-state index >= 15 is 0 Å². The third-order valence-electron chi connectivity index (χ3n) is 4.23. The van der Waals surface area contributed by atoms with Crippen LogP contribution >= 0.6 is 11.6 Å². The van der Waals surface area contributed by atoms with Crippen LogP contribution in [0.2, 0.25) is 5.02 Å². The van der Waals surface area contributed by atoms with E-state index in [1.807, 2.05) is 6.92 Å². The first-order valence-corrected chi connectivity index (χ1v) is 9.93. The average molecular weight is 374 g/mol. The van der Waals surface area contributed by atoms with Crippen LogP contribution in [-0.4, -0.2) is 44.3 Å². The van der Waals surface area contributed by atoms with Gasteiger partial charge in [0, 0.05) is 37.1 Å². The molecule has 24 heavy (non-hydrogen) atoms. The molecule has 2 rings (SSSR count). The van der Waals surface area contributed by atoms with Gasteiger partial charge in [0.2, 0.25) is 15.9 Å². The lowest BCUT2D eigenvalue weighted by atomic mass is 10.1. The molecule has 0 saturated carbocycles. The highest BCUT2D eigenvalue weighted by molar-refractivity contribution is 7.89. The van der Waals surface area contributed by atoms with Gasteiger partial charge in [0.25, 0.3) is 0 Å². The smallest absolute Gasteiger partial charge is 0.243 e. The molecule has 1 amide bonds. The summed E-state index contributed by atoms with van der Waals surface area (Å²) in [6, 6.07) is 4.53. The molecule has 0 aromatic heterocycles. The Hall–Kier alpha value is -1.15. The van der Waals surface area contributed by atoms with Gasteiger partial charge in [-0.25, -0.2) is 8.42 Å². The van der Waals surface area contributed by atoms with E-state index in [-0.39, 0.29) is 29.8 Å². The number of hydrogen-bond donors (Lipinski definition) is 2. The maximum Gasteiger partial charge on any atom is 0.243 e. The lowest BCUT2D eigenvalue weighted by Crippen LogP contribution is -2.49. The number of rotatable bonds is 6. The van der Waals surface area contributed by atoms with Crippen LogP contribution < -0.4 is 11.1 Å². The molecule has 1 aromatic rings. The molecule has 1 aliphatic rings. The van der Waals surface area contributed by atoms with Crippen molar-refractivity contribution in [1.82, 2.24) is 9.62 Å². The summed E-state index contributed by atoms with van der Waals surface area (Å²) in [5.41, 5.74) is 6.19. The van der Waals surface area contributed by atoms with Gasteiger partial charge < -0.3 is 11.1 Å². The summed E-state index contributed by atoms with van der Waals surface area (Å²) < 4.78 is 27.4. The summed E-state index contributed by atoms with van der Waals surface area (Å²) in [4.78, 5) is 11.8. The number of benzene rings is 1. The Bertz CT molecular complexity index is 694. The summed E-state index contributed by atoms with van der Waals surface area (Å²) in [6.07, 6.45) is 2.72. The molecule has 134 valence electrons. The predicted octanol–water partition coefficient (Wildman–Crippen LogP) is 1.66. The standard InChI is InChI=1S/C16H24ClN3O3S/c1-12-5-6-14(10-15(12)17)24(22,23)20-9-3-2-4-13(20)11-19-16(21)7-8-18/h5-6,10,13H,2-4,7-9,11,18H2,1H3,(H,19,21). The first-order chi connectivity index (χ1) is 11.4. The number of aryl methyl sites for hydroxylation is 1. The quantitative estimate of drug-likeness (QED) is 0.793. The highest BCUT2D eigenvalue weighted by Crippen LogP contribution is 2.27. The van der Waals surface area contributed by atoms with Crippen LogP contribution in [0, 0.1) is 6.92 Å². The zero-order valence-electron chi connectivity index (χ0n) is 13.8. The van der Waals surface area contributed by atoms with Crippen molar-refractivity contribution in [2.75, 3.05) is 19.6 Å². The highest BCUT2D eigenvalue weighted by atomic mass is 35.5. The monoisotopic (exact) mass is 373 g/mol. The first-order valence-electron chi connectivity index (χ1n) is 8.11. The third kappa shape index (κ3) is 4.47. The van der Waals surface area contributed by atoms with Gasteiger partial charge in [-0.05, 0) is 37.5 Å². The normalized spacial score (nSPS) is 19.2. The molecule has 1 aliphatic heterocycles. The molecule has 0 radical (unpaired) electrons. The van der Waals surface area contributed by atoms with Crippen LogP contribution in [0.3, 0.4) is 0 Å². The van der Waals surface area contributed by atoms with E-state index in [1.54, 1.807) is 12.1 Å². The lowest BCUT2D eigenvalue weighted by molar-refractivity contribution is -0.121. The third-order valence-corrected chi connectivity index (χ3v) is 6.58. The zero-order chi connectivity index (χ0) is 17.7. The Balaban J connectivity index is 2.18. The molecule has 1 heterocycles. The van der Waals surface area contributed by atoms with Crippen LogP contribution in [0.4, 0.5) is 0 Å². The van der Waals surface area contributed by atoms with Crippen molar-refractivity contribution < 1.29 is 13.2 Å². The number of piperidine rings is 1. The summed E-state index contributed by atoms with van der Waals surface area (Å²) in [5, 5.41) is 3.21. The van der Waals surface area contributed by atoms with Crippen molar-refractivity contribution in [3.8, 4) is 0 Å². The number of amides is 1. The molecule has 0 bridgehead atoms. The number of hydrogen-bond acceptors (Lipinski definition) is 4. The number of nitrogens with two attached hydrogens (primary N) is 1. The van der Waals surface area contributed by atoms with E-state index in [9.17, 15) is 13.2 Å². The van der Waals surface area contributed by atoms with Gasteiger partial charge in [-0.15, -0.1) is 0 Å². The molecule has 0 aliphatic carbocycles. The van der Waals surface area contributed by atoms with Crippen LogP contribution in [0.25, 0.3) is 0 Å². The Morgan fingerprint density at radius 3 is 2.83 bits per heavy atom. The summed E-state index contributed by atoms with van der Waals surface area (Å²) >= 11 is 6.08. The van der Waals surface area contributed by atoms with E-state index < -0.39 is 10.0 Å². The average Bonchev–Trinajstić information content (AvgIpc) is 2.56. The summed E-state index contributed by atoms with van der Waals surface area (Å²) in [6.45, 7) is 2.86. The largest absolute Gasteiger partial charge is 0.354 e. The Morgan fingerprint density at radius 2 is 2.17 bits per heavy atom. The molecular formula is C16H24ClN3O3S. The molecule has 0 spiro atoms. The Morgan fingerprint density at radius 1 is 1.42 bits per heavy atom. The van der Waals surface area contributed by atoms with Crippen molar-refractivity contribution in [3.63, 3.8) is 0 Å². The second-order valence-electron chi connectivity index (χ2n) is 6.02. The molecule has 1 aromatic carbocycles. The molecule has 6 nitrogen and oxygen atoms in total. The minimum atomic E-state index is -3.64. The fourth-order valence-electron chi connectivity index (χ4n) is 2.82. The molecular weight excluding hydrogens is 350 g/mol. The number of carbonyl (C=O) groups excluding carboxylic acids is 1. The van der Waals surface area contributed by atoms with Crippen LogP contribution in [-0.2, 0) is 14.8 Å². The minimum Gasteiger partial charge on any atom is -0.354 e. The SMILES string of the molecule is Cc1ccc(S(=O)(=O)N2CCCCC2CNC(=O)CCN)cc1Cl. The van der Waals surface area contributed by atoms with E-state index in [4.69, 9.17) is 17.3 Å². The van der Waals surface area contributed by atoms with Gasteiger partial charge >= 0.3 is 0 Å². The molecule has 1 fully saturated rings. The van der Waals surface area contributed by atoms with Crippen molar-refractivity contribution in [2.24, 2.45) is 5.73 Å². The Labute approximate surface area is 148 Å². The predicted molar refractivity (Wildman–Crippen MR) is 94.4 cm³/mol. The van der Waals surface area contributed by atoms with Crippen molar-refractivity contribution in [3.05, 3.63) is 28.8 Å². The number of nitrogens with zero attached hydrogens (tertiary/aromatic N) is 1. The van der Waals surface area contributed by atoms with Crippen molar-refractivity contribution in [2.45, 2.75) is 43.5 Å². The number of sulfonamides is 1. The van der Waals surface area contributed by atoms with E-state index in [1.165, 1.54) is 10.4 Å². The van der Waals surface area contributed by atoms with Crippen molar-refractivity contribution >= 4 is 27.5 Å². The van der Waals surface area contributed by atoms with Gasteiger partial charge in [0.05, 0.1) is 4.90 Å². The van der Waals surface area contributed by atoms with E-state index in [0.717, 1.165) is 24.8 Å². The fourth-order valence-corrected chi connectivity index (χ4v) is 4.78. The van der Waals surface area contributed by atoms with Crippen molar-refractivity contribution in [1.29, 1.82) is 0 Å². The van der Waals surface area contributed by atoms with E-state index in [2.05, 4.69) is 5.32 Å². The maximum absolute atomic E-state index is 13.0. The second-order valence-corrected chi connectivity index (χ2v) is 8.32. The van der Waals surface area contributed by atoms with Crippen LogP contribution in [0.15, 0.2) is 23.1 Å². The molecule has 1 atom stereocenters. The summed E-state index contributed by atoms with van der Waals surface area (Å²) in [7, 11) is -3.64. The molecule has 8 heteroatoms. The Kier molecular flexibility index (Phi) is 6.62. The van der Waals surface area contributed by atoms with Crippen LogP contribution in [0.1, 0.15) is 31.2 Å². The number of halogens is 1. The molecule has 1 unspecified atom stereocenters. The van der Waals surface area contributed by atoms with Gasteiger partial charge in [-0.2, -0.15) is 4.31 Å². The fraction of sp³-hybridized carbons (Fsp3) is 0.562. The lowest BCUT2D eigenvalue weighted by Gasteiger charge is -2.34. The summed E-state index contributed by atoms with van der Waals surface area (Å²) in [5.74, 6) is -0.154. The van der Waals surface area contributed by atoms with Gasteiger partial charge in [-0.3, -0.25) is 4.79 Å². The van der Waals surface area contributed by atoms with Crippen LogP contribution in [0.5, 0.6) is 0 Å². The minimum absolute atomic E-state index is 0.154. The van der Waals surface area contributed by atoms with Gasteiger partial charge in [-0.1, -0.05) is 24.1 Å². The first kappa shape index (κ1) is 19.2. The zero-order valence-corrected chi connectivity index (χ0v) is 15.4. The van der Waals surface area contributed by atoms with Gasteiger partial charge in [0.15, 0.2) is 0 Å². The maximum atomic E-state index is 13.0. The topological polar surface area (TPSA) is 92.5 Å². The number of nitrogens with one attached hydrogen (secondary N) is 1. The number of carbonyl (C=O) groups is 1. The molecule has 3 N–H and O–H groups in total. The highest BCUT2D eigenvalue weighted by Gasteiger charge is 2.33.